The first-order valence-electron chi connectivity index (χ1n) is 6.41. The van der Waals surface area contributed by atoms with Crippen molar-refractivity contribution < 1.29 is 14.3 Å². The third kappa shape index (κ3) is 2.84. The van der Waals surface area contributed by atoms with Crippen LogP contribution >= 0.6 is 11.6 Å². The van der Waals surface area contributed by atoms with Crippen LogP contribution in [0.1, 0.15) is 36.0 Å². The summed E-state index contributed by atoms with van der Waals surface area (Å²) >= 11 is 6.24. The average molecular weight is 286 g/mol. The molecule has 2 rings (SSSR count). The number of hydrogen-bond donors (Lipinski definition) is 1. The number of aromatic hydroxyl groups is 1. The Bertz CT molecular complexity index is 460. The van der Waals surface area contributed by atoms with Crippen molar-refractivity contribution in [3.05, 3.63) is 29.6 Å². The van der Waals surface area contributed by atoms with Crippen LogP contribution in [-0.4, -0.2) is 34.4 Å². The van der Waals surface area contributed by atoms with Gasteiger partial charge in [-0.05, 0) is 25.0 Å². The summed E-state index contributed by atoms with van der Waals surface area (Å²) in [5.41, 5.74) is -0.278. The first-order chi connectivity index (χ1) is 9.02. The molecule has 1 saturated carbocycles. The molecule has 0 saturated heterocycles. The van der Waals surface area contributed by atoms with E-state index in [0.717, 1.165) is 25.7 Å². The Morgan fingerprint density at radius 1 is 1.42 bits per heavy atom. The van der Waals surface area contributed by atoms with Gasteiger partial charge in [-0.25, -0.2) is 4.39 Å². The lowest BCUT2D eigenvalue weighted by Gasteiger charge is -2.35. The minimum Gasteiger partial charge on any atom is -0.507 e. The zero-order valence-electron chi connectivity index (χ0n) is 10.8. The number of nitrogens with zero attached hydrogens (tertiary/aromatic N) is 1. The third-order valence-electron chi connectivity index (χ3n) is 3.67. The third-order valence-corrected chi connectivity index (χ3v) is 4.18. The van der Waals surface area contributed by atoms with Crippen molar-refractivity contribution in [1.29, 1.82) is 0 Å². The molecule has 104 valence electrons. The maximum atomic E-state index is 13.7. The van der Waals surface area contributed by atoms with Crippen molar-refractivity contribution in [2.24, 2.45) is 0 Å². The van der Waals surface area contributed by atoms with Crippen LogP contribution in [0, 0.1) is 5.82 Å². The largest absolute Gasteiger partial charge is 0.507 e. The van der Waals surface area contributed by atoms with Gasteiger partial charge in [0.15, 0.2) is 0 Å². The number of benzene rings is 1. The summed E-state index contributed by atoms with van der Waals surface area (Å²) in [6.07, 6.45) is 3.73. The second kappa shape index (κ2) is 5.78. The van der Waals surface area contributed by atoms with Crippen molar-refractivity contribution in [3.63, 3.8) is 0 Å². The molecule has 5 heteroatoms. The summed E-state index contributed by atoms with van der Waals surface area (Å²) in [5, 5.41) is 9.54. The number of carbonyl (C=O) groups is 1. The first-order valence-corrected chi connectivity index (χ1v) is 6.84. The Morgan fingerprint density at radius 2 is 2.11 bits per heavy atom. The highest BCUT2D eigenvalue weighted by atomic mass is 35.5. The molecular weight excluding hydrogens is 269 g/mol. The zero-order chi connectivity index (χ0) is 14.0. The molecule has 2 unspecified atom stereocenters. The number of carbonyl (C=O) groups excluding carboxylic acids is 1. The van der Waals surface area contributed by atoms with Gasteiger partial charge in [0.25, 0.3) is 5.91 Å². The Balaban J connectivity index is 2.23. The smallest absolute Gasteiger partial charge is 0.260 e. The molecule has 2 atom stereocenters. The lowest BCUT2D eigenvalue weighted by Crippen LogP contribution is -2.44. The number of phenolic OH excluding ortho intramolecular Hbond substituents is 1. The van der Waals surface area contributed by atoms with E-state index in [1.807, 2.05) is 0 Å². The first kappa shape index (κ1) is 14.1. The van der Waals surface area contributed by atoms with Crippen LogP contribution in [0.3, 0.4) is 0 Å². The molecule has 1 aliphatic rings. The average Bonchev–Trinajstić information content (AvgIpc) is 2.38. The lowest BCUT2D eigenvalue weighted by molar-refractivity contribution is 0.0692. The molecule has 0 spiro atoms. The van der Waals surface area contributed by atoms with Crippen LogP contribution in [0.15, 0.2) is 18.2 Å². The molecule has 0 aromatic heterocycles. The van der Waals surface area contributed by atoms with Gasteiger partial charge in [-0.1, -0.05) is 18.9 Å². The number of phenols is 1. The van der Waals surface area contributed by atoms with Crippen LogP contribution in [0.25, 0.3) is 0 Å². The van der Waals surface area contributed by atoms with E-state index in [2.05, 4.69) is 0 Å². The Labute approximate surface area is 117 Å². The molecule has 0 heterocycles. The molecule has 1 N–H and O–H groups in total. The topological polar surface area (TPSA) is 40.5 Å². The molecule has 1 aliphatic carbocycles. The predicted octanol–water partition coefficient (Wildman–Crippen LogP) is 3.15. The van der Waals surface area contributed by atoms with Gasteiger partial charge >= 0.3 is 0 Å². The van der Waals surface area contributed by atoms with E-state index in [1.165, 1.54) is 23.1 Å². The van der Waals surface area contributed by atoms with Gasteiger partial charge in [0.2, 0.25) is 0 Å². The number of hydrogen-bond acceptors (Lipinski definition) is 2. The molecule has 1 amide bonds. The lowest BCUT2D eigenvalue weighted by atomic mass is 9.93. The van der Waals surface area contributed by atoms with E-state index >= 15 is 0 Å². The molecule has 1 aromatic rings. The molecule has 0 aliphatic heterocycles. The maximum absolute atomic E-state index is 13.7. The normalized spacial score (nSPS) is 23.1. The fourth-order valence-electron chi connectivity index (χ4n) is 2.55. The van der Waals surface area contributed by atoms with Gasteiger partial charge in [-0.2, -0.15) is 0 Å². The van der Waals surface area contributed by atoms with Crippen molar-refractivity contribution in [2.75, 3.05) is 7.05 Å². The van der Waals surface area contributed by atoms with Crippen molar-refractivity contribution >= 4 is 17.5 Å². The highest BCUT2D eigenvalue weighted by molar-refractivity contribution is 6.21. The van der Waals surface area contributed by atoms with Crippen LogP contribution in [0.5, 0.6) is 5.75 Å². The molecule has 0 radical (unpaired) electrons. The van der Waals surface area contributed by atoms with Crippen LogP contribution in [0.2, 0.25) is 0 Å². The van der Waals surface area contributed by atoms with Gasteiger partial charge in [-0.15, -0.1) is 11.6 Å². The van der Waals surface area contributed by atoms with E-state index in [-0.39, 0.29) is 22.7 Å². The highest BCUT2D eigenvalue weighted by Crippen LogP contribution is 2.29. The van der Waals surface area contributed by atoms with E-state index in [4.69, 9.17) is 11.6 Å². The van der Waals surface area contributed by atoms with Gasteiger partial charge in [0, 0.05) is 13.1 Å². The Morgan fingerprint density at radius 3 is 2.74 bits per heavy atom. The summed E-state index contributed by atoms with van der Waals surface area (Å²) in [7, 11) is 1.61. The van der Waals surface area contributed by atoms with Crippen LogP contribution < -0.4 is 0 Å². The second-order valence-corrected chi connectivity index (χ2v) is 5.48. The fraction of sp³-hybridized carbons (Fsp3) is 0.500. The fourth-order valence-corrected chi connectivity index (χ4v) is 3.00. The highest BCUT2D eigenvalue weighted by Gasteiger charge is 2.31. The van der Waals surface area contributed by atoms with Crippen molar-refractivity contribution in [3.8, 4) is 5.75 Å². The quantitative estimate of drug-likeness (QED) is 0.848. The van der Waals surface area contributed by atoms with Gasteiger partial charge in [-0.3, -0.25) is 4.79 Å². The van der Waals surface area contributed by atoms with E-state index in [1.54, 1.807) is 7.05 Å². The minimum absolute atomic E-state index is 0.109. The summed E-state index contributed by atoms with van der Waals surface area (Å²) in [6, 6.07) is 3.73. The van der Waals surface area contributed by atoms with E-state index in [0.29, 0.717) is 0 Å². The number of halogens is 2. The number of rotatable bonds is 2. The molecule has 1 aromatic carbocycles. The SMILES string of the molecule is CN(C(=O)c1c(O)cccc1F)C1CCCCC1Cl. The van der Waals surface area contributed by atoms with Gasteiger partial charge in [0.1, 0.15) is 17.1 Å². The molecular formula is C14H17ClFNO2. The van der Waals surface area contributed by atoms with Gasteiger partial charge in [0.05, 0.1) is 5.38 Å². The monoisotopic (exact) mass is 285 g/mol. The number of alkyl halides is 1. The van der Waals surface area contributed by atoms with E-state index < -0.39 is 11.7 Å². The molecule has 0 bridgehead atoms. The molecule has 1 fully saturated rings. The summed E-state index contributed by atoms with van der Waals surface area (Å²) in [6.45, 7) is 0. The summed E-state index contributed by atoms with van der Waals surface area (Å²) < 4.78 is 13.7. The van der Waals surface area contributed by atoms with Crippen molar-refractivity contribution in [1.82, 2.24) is 4.90 Å². The Hall–Kier alpha value is -1.29. The Kier molecular flexibility index (Phi) is 4.30. The van der Waals surface area contributed by atoms with Crippen LogP contribution in [-0.2, 0) is 0 Å². The molecule has 19 heavy (non-hydrogen) atoms. The standard InChI is InChI=1S/C14H17ClFNO2/c1-17(11-7-3-2-5-9(11)15)14(19)13-10(16)6-4-8-12(13)18/h4,6,8-9,11,18H,2-3,5,7H2,1H3. The predicted molar refractivity (Wildman–Crippen MR) is 72.1 cm³/mol. The maximum Gasteiger partial charge on any atom is 0.260 e. The van der Waals surface area contributed by atoms with E-state index in [9.17, 15) is 14.3 Å². The summed E-state index contributed by atoms with van der Waals surface area (Å²) in [5.74, 6) is -1.56. The zero-order valence-corrected chi connectivity index (χ0v) is 11.5. The molecule has 3 nitrogen and oxygen atoms in total. The second-order valence-electron chi connectivity index (χ2n) is 4.92. The van der Waals surface area contributed by atoms with Crippen molar-refractivity contribution in [2.45, 2.75) is 37.1 Å². The van der Waals surface area contributed by atoms with Gasteiger partial charge < -0.3 is 10.0 Å². The number of amides is 1. The summed E-state index contributed by atoms with van der Waals surface area (Å²) in [4.78, 5) is 13.8. The minimum atomic E-state index is -0.709. The van der Waals surface area contributed by atoms with Crippen LogP contribution in [0.4, 0.5) is 4.39 Å².